The van der Waals surface area contributed by atoms with Crippen LogP contribution in [0.5, 0.6) is 0 Å². The third kappa shape index (κ3) is 1.50. The summed E-state index contributed by atoms with van der Waals surface area (Å²) in [5, 5.41) is 0. The predicted octanol–water partition coefficient (Wildman–Crippen LogP) is 1.46. The predicted molar refractivity (Wildman–Crippen MR) is 34.7 cm³/mol. The number of nitrogens with zero attached hydrogens (tertiary/aromatic N) is 1. The van der Waals surface area contributed by atoms with E-state index < -0.39 is 12.2 Å². The topological polar surface area (TPSA) is 20.3 Å². The van der Waals surface area contributed by atoms with Crippen molar-refractivity contribution in [3.8, 4) is 0 Å². The van der Waals surface area contributed by atoms with Gasteiger partial charge in [0, 0.05) is 12.8 Å². The summed E-state index contributed by atoms with van der Waals surface area (Å²) in [7, 11) is 0. The summed E-state index contributed by atoms with van der Waals surface area (Å²) in [6.07, 6.45) is -4.73. The van der Waals surface area contributed by atoms with Crippen molar-refractivity contribution >= 4 is 23.1 Å². The third-order valence-corrected chi connectivity index (χ3v) is 1.69. The van der Waals surface area contributed by atoms with Crippen LogP contribution in [-0.4, -0.2) is 22.1 Å². The Morgan fingerprint density at radius 1 is 1.36 bits per heavy atom. The molecule has 0 aliphatic carbocycles. The maximum atomic E-state index is 11.9. The molecule has 0 saturated carbocycles. The fraction of sp³-hybridized carbons (Fsp3) is 0.600. The van der Waals surface area contributed by atoms with Crippen LogP contribution < -0.4 is 0 Å². The second kappa shape index (κ2) is 2.44. The van der Waals surface area contributed by atoms with Crippen LogP contribution in [0.25, 0.3) is 0 Å². The van der Waals surface area contributed by atoms with Crippen LogP contribution in [0.2, 0.25) is 0 Å². The molecule has 1 saturated heterocycles. The first-order valence-corrected chi connectivity index (χ1v) is 3.26. The Balaban J connectivity index is 2.85. The molecule has 1 aliphatic heterocycles. The molecule has 2 nitrogen and oxygen atoms in total. The molecule has 0 bridgehead atoms. The highest BCUT2D eigenvalue weighted by Crippen LogP contribution is 2.28. The number of hydrogen-bond acceptors (Lipinski definition) is 2. The minimum Gasteiger partial charge on any atom is -0.274 e. The molecule has 1 aliphatic rings. The molecular formula is C5H4F3NOS. The summed E-state index contributed by atoms with van der Waals surface area (Å²) >= 11 is 4.35. The van der Waals surface area contributed by atoms with E-state index in [1.54, 1.807) is 0 Å². The lowest BCUT2D eigenvalue weighted by molar-refractivity contribution is -0.214. The van der Waals surface area contributed by atoms with Gasteiger partial charge in [0.2, 0.25) is 5.91 Å². The largest absolute Gasteiger partial charge is 0.491 e. The molecule has 0 aromatic carbocycles. The van der Waals surface area contributed by atoms with E-state index in [-0.39, 0.29) is 22.7 Å². The Kier molecular flexibility index (Phi) is 1.87. The maximum Gasteiger partial charge on any atom is 0.491 e. The molecule has 0 aromatic heterocycles. The Bertz CT molecular complexity index is 196. The summed E-state index contributed by atoms with van der Waals surface area (Å²) in [5.41, 5.74) is 0. The third-order valence-electron chi connectivity index (χ3n) is 1.31. The SMILES string of the molecule is O=C1CCC(=S)N1C(F)(F)F. The monoisotopic (exact) mass is 183 g/mol. The van der Waals surface area contributed by atoms with Crippen molar-refractivity contribution in [2.24, 2.45) is 0 Å². The number of likely N-dealkylation sites (tertiary alicyclic amines) is 1. The van der Waals surface area contributed by atoms with Crippen molar-refractivity contribution in [2.75, 3.05) is 0 Å². The van der Waals surface area contributed by atoms with E-state index >= 15 is 0 Å². The first-order valence-electron chi connectivity index (χ1n) is 2.85. The van der Waals surface area contributed by atoms with Gasteiger partial charge in [0.1, 0.15) is 0 Å². The van der Waals surface area contributed by atoms with Gasteiger partial charge in [0.25, 0.3) is 0 Å². The molecule has 0 radical (unpaired) electrons. The number of carbonyl (C=O) groups is 1. The highest BCUT2D eigenvalue weighted by molar-refractivity contribution is 7.80. The van der Waals surface area contributed by atoms with Crippen molar-refractivity contribution in [1.82, 2.24) is 4.90 Å². The van der Waals surface area contributed by atoms with Crippen molar-refractivity contribution in [1.29, 1.82) is 0 Å². The second-order valence-corrected chi connectivity index (χ2v) is 2.56. The lowest BCUT2D eigenvalue weighted by Crippen LogP contribution is -2.40. The normalized spacial score (nSPS) is 19.7. The second-order valence-electron chi connectivity index (χ2n) is 2.09. The van der Waals surface area contributed by atoms with E-state index in [2.05, 4.69) is 12.2 Å². The number of thiocarbonyl (C=S) groups is 1. The quantitative estimate of drug-likeness (QED) is 0.418. The minimum atomic E-state index is -4.63. The molecule has 1 amide bonds. The molecule has 6 heteroatoms. The van der Waals surface area contributed by atoms with Crippen molar-refractivity contribution < 1.29 is 18.0 Å². The van der Waals surface area contributed by atoms with E-state index in [4.69, 9.17) is 0 Å². The summed E-state index contributed by atoms with van der Waals surface area (Å²) in [6, 6.07) is 0. The standard InChI is InChI=1S/C5H4F3NOS/c6-5(7,8)9-3(10)1-2-4(9)11/h1-2H2. The number of carbonyl (C=O) groups excluding carboxylic acids is 1. The fourth-order valence-corrected chi connectivity index (χ4v) is 1.17. The summed E-state index contributed by atoms with van der Waals surface area (Å²) in [6.45, 7) is 0. The van der Waals surface area contributed by atoms with Gasteiger partial charge in [-0.2, -0.15) is 0 Å². The molecule has 0 atom stereocenters. The minimum absolute atomic E-state index is 0.0354. The van der Waals surface area contributed by atoms with Gasteiger partial charge in [0.05, 0.1) is 4.99 Å². The van der Waals surface area contributed by atoms with Gasteiger partial charge in [-0.05, 0) is 0 Å². The molecule has 0 N–H and O–H groups in total. The van der Waals surface area contributed by atoms with E-state index in [1.807, 2.05) is 0 Å². The van der Waals surface area contributed by atoms with Gasteiger partial charge in [-0.25, -0.2) is 4.90 Å². The molecule has 1 rings (SSSR count). The van der Waals surface area contributed by atoms with Crippen molar-refractivity contribution in [2.45, 2.75) is 19.1 Å². The Morgan fingerprint density at radius 2 is 1.91 bits per heavy atom. The molecule has 0 aromatic rings. The lowest BCUT2D eigenvalue weighted by Gasteiger charge is -2.18. The summed E-state index contributed by atoms with van der Waals surface area (Å²) < 4.78 is 35.6. The molecule has 1 heterocycles. The summed E-state index contributed by atoms with van der Waals surface area (Å²) in [4.78, 5) is 9.94. The Labute approximate surface area is 66.0 Å². The molecule has 1 fully saturated rings. The summed E-state index contributed by atoms with van der Waals surface area (Å²) in [5.74, 6) is -0.956. The molecule has 11 heavy (non-hydrogen) atoms. The number of halogens is 3. The van der Waals surface area contributed by atoms with Crippen molar-refractivity contribution in [3.05, 3.63) is 0 Å². The number of amides is 1. The maximum absolute atomic E-state index is 11.9. The number of hydrogen-bond donors (Lipinski definition) is 0. The molecule has 0 spiro atoms. The zero-order chi connectivity index (χ0) is 8.65. The highest BCUT2D eigenvalue weighted by Gasteiger charge is 2.46. The highest BCUT2D eigenvalue weighted by atomic mass is 32.1. The molecule has 0 unspecified atom stereocenters. The van der Waals surface area contributed by atoms with Crippen LogP contribution in [0.1, 0.15) is 12.8 Å². The van der Waals surface area contributed by atoms with Gasteiger partial charge in [0.15, 0.2) is 0 Å². The van der Waals surface area contributed by atoms with Gasteiger partial charge in [-0.15, -0.1) is 13.2 Å². The van der Waals surface area contributed by atoms with Crippen LogP contribution in [0.4, 0.5) is 13.2 Å². The number of alkyl halides is 3. The average Bonchev–Trinajstić information content (AvgIpc) is 2.08. The van der Waals surface area contributed by atoms with Crippen LogP contribution in [0.3, 0.4) is 0 Å². The average molecular weight is 183 g/mol. The molecular weight excluding hydrogens is 179 g/mol. The van der Waals surface area contributed by atoms with E-state index in [0.29, 0.717) is 0 Å². The lowest BCUT2D eigenvalue weighted by atomic mass is 10.4. The fourth-order valence-electron chi connectivity index (χ4n) is 0.859. The Hall–Kier alpha value is -0.650. The zero-order valence-electron chi connectivity index (χ0n) is 5.31. The van der Waals surface area contributed by atoms with Crippen LogP contribution in [0, 0.1) is 0 Å². The van der Waals surface area contributed by atoms with Gasteiger partial charge in [-0.1, -0.05) is 12.2 Å². The van der Waals surface area contributed by atoms with Gasteiger partial charge in [-0.3, -0.25) is 4.79 Å². The first-order chi connectivity index (χ1) is 4.93. The van der Waals surface area contributed by atoms with Crippen LogP contribution in [0.15, 0.2) is 0 Å². The molecule has 62 valence electrons. The smallest absolute Gasteiger partial charge is 0.274 e. The van der Waals surface area contributed by atoms with Gasteiger partial charge < -0.3 is 0 Å². The van der Waals surface area contributed by atoms with E-state index in [0.717, 1.165) is 0 Å². The first kappa shape index (κ1) is 8.45. The van der Waals surface area contributed by atoms with Crippen molar-refractivity contribution in [3.63, 3.8) is 0 Å². The van der Waals surface area contributed by atoms with E-state index in [1.165, 1.54) is 0 Å². The van der Waals surface area contributed by atoms with Crippen LogP contribution >= 0.6 is 12.2 Å². The van der Waals surface area contributed by atoms with Crippen LogP contribution in [-0.2, 0) is 4.79 Å². The van der Waals surface area contributed by atoms with Gasteiger partial charge >= 0.3 is 6.30 Å². The zero-order valence-corrected chi connectivity index (χ0v) is 6.13. The van der Waals surface area contributed by atoms with E-state index in [9.17, 15) is 18.0 Å². The Morgan fingerprint density at radius 3 is 2.09 bits per heavy atom. The number of rotatable bonds is 0.